The molecule has 0 radical (unpaired) electrons. The van der Waals surface area contributed by atoms with E-state index in [1.165, 1.54) is 0 Å². The molecule has 0 saturated carbocycles. The van der Waals surface area contributed by atoms with E-state index in [0.717, 1.165) is 26.9 Å². The third kappa shape index (κ3) is 5.43. The molecular weight excluding hydrogens is 374 g/mol. The van der Waals surface area contributed by atoms with Gasteiger partial charge in [0.2, 0.25) is 0 Å². The first-order valence-electron chi connectivity index (χ1n) is 8.50. The summed E-state index contributed by atoms with van der Waals surface area (Å²) in [6.07, 6.45) is 0. The van der Waals surface area contributed by atoms with Crippen molar-refractivity contribution in [3.8, 4) is 6.07 Å². The van der Waals surface area contributed by atoms with Crippen LogP contribution in [0.2, 0.25) is 0 Å². The van der Waals surface area contributed by atoms with E-state index in [0.29, 0.717) is 12.1 Å². The second-order valence-electron chi connectivity index (χ2n) is 5.98. The van der Waals surface area contributed by atoms with E-state index in [2.05, 4.69) is 16.4 Å². The molecule has 6 heteroatoms. The predicted octanol–water partition coefficient (Wildman–Crippen LogP) is 4.91. The van der Waals surface area contributed by atoms with Gasteiger partial charge in [-0.3, -0.25) is 4.79 Å². The summed E-state index contributed by atoms with van der Waals surface area (Å²) in [6, 6.07) is 19.3. The highest BCUT2D eigenvalue weighted by molar-refractivity contribution is 7.98. The van der Waals surface area contributed by atoms with Gasteiger partial charge in [-0.25, -0.2) is 4.98 Å². The first-order chi connectivity index (χ1) is 13.2. The fraction of sp³-hybridized carbons (Fsp3) is 0.190. The number of hydrogen-bond acceptors (Lipinski definition) is 5. The van der Waals surface area contributed by atoms with Gasteiger partial charge in [0.1, 0.15) is 6.54 Å². The smallest absolute Gasteiger partial charge is 0.255 e. The first-order valence-corrected chi connectivity index (χ1v) is 10.4. The molecule has 0 fully saturated rings. The van der Waals surface area contributed by atoms with Crippen LogP contribution < -0.4 is 0 Å². The average molecular weight is 394 g/mol. The number of nitriles is 1. The quantitative estimate of drug-likeness (QED) is 0.423. The number of benzene rings is 2. The molecule has 4 nitrogen and oxygen atoms in total. The summed E-state index contributed by atoms with van der Waals surface area (Å²) in [4.78, 5) is 19.9. The normalized spacial score (nSPS) is 10.4. The van der Waals surface area contributed by atoms with Gasteiger partial charge in [0, 0.05) is 28.1 Å². The topological polar surface area (TPSA) is 57.0 Å². The Kier molecular flexibility index (Phi) is 6.64. The van der Waals surface area contributed by atoms with Crippen molar-refractivity contribution in [1.82, 2.24) is 9.88 Å². The number of hydrogen-bond donors (Lipinski definition) is 0. The molecule has 136 valence electrons. The van der Waals surface area contributed by atoms with E-state index < -0.39 is 0 Å². The molecule has 0 atom stereocenters. The van der Waals surface area contributed by atoms with Gasteiger partial charge in [-0.15, -0.1) is 23.1 Å². The molecule has 0 bridgehead atoms. The van der Waals surface area contributed by atoms with Gasteiger partial charge >= 0.3 is 0 Å². The summed E-state index contributed by atoms with van der Waals surface area (Å²) >= 11 is 3.35. The molecule has 0 aliphatic carbocycles. The second kappa shape index (κ2) is 9.36. The van der Waals surface area contributed by atoms with Crippen molar-refractivity contribution in [2.45, 2.75) is 24.1 Å². The minimum absolute atomic E-state index is 0.0629. The van der Waals surface area contributed by atoms with Crippen LogP contribution in [0.25, 0.3) is 0 Å². The van der Waals surface area contributed by atoms with Crippen molar-refractivity contribution in [2.75, 3.05) is 6.54 Å². The van der Waals surface area contributed by atoms with Crippen LogP contribution in [0, 0.1) is 18.3 Å². The van der Waals surface area contributed by atoms with Gasteiger partial charge < -0.3 is 4.90 Å². The van der Waals surface area contributed by atoms with Crippen LogP contribution in [-0.4, -0.2) is 22.3 Å². The van der Waals surface area contributed by atoms with Crippen molar-refractivity contribution >= 4 is 29.0 Å². The van der Waals surface area contributed by atoms with E-state index in [1.807, 2.05) is 61.5 Å². The van der Waals surface area contributed by atoms with E-state index in [-0.39, 0.29) is 12.5 Å². The maximum absolute atomic E-state index is 12.8. The third-order valence-corrected chi connectivity index (χ3v) is 5.79. The Morgan fingerprint density at radius 3 is 2.56 bits per heavy atom. The van der Waals surface area contributed by atoms with Gasteiger partial charge in [-0.1, -0.05) is 30.3 Å². The van der Waals surface area contributed by atoms with Crippen molar-refractivity contribution in [3.63, 3.8) is 0 Å². The zero-order valence-electron chi connectivity index (χ0n) is 15.0. The van der Waals surface area contributed by atoms with Crippen molar-refractivity contribution in [3.05, 3.63) is 81.8 Å². The Morgan fingerprint density at radius 2 is 1.93 bits per heavy atom. The molecule has 0 aliphatic rings. The minimum Gasteiger partial charge on any atom is -0.321 e. The maximum Gasteiger partial charge on any atom is 0.255 e. The number of amides is 1. The number of carbonyl (C=O) groups is 1. The number of rotatable bonds is 7. The fourth-order valence-corrected chi connectivity index (χ4v) is 4.11. The molecule has 1 amide bonds. The maximum atomic E-state index is 12.8. The average Bonchev–Trinajstić information content (AvgIpc) is 3.12. The van der Waals surface area contributed by atoms with Crippen molar-refractivity contribution in [1.29, 1.82) is 5.26 Å². The Balaban J connectivity index is 1.64. The van der Waals surface area contributed by atoms with Crippen molar-refractivity contribution in [2.24, 2.45) is 0 Å². The molecule has 3 rings (SSSR count). The lowest BCUT2D eigenvalue weighted by molar-refractivity contribution is 0.0765. The summed E-state index contributed by atoms with van der Waals surface area (Å²) in [5.74, 6) is 0.679. The highest BCUT2D eigenvalue weighted by Gasteiger charge is 2.16. The zero-order chi connectivity index (χ0) is 19.1. The Hall–Kier alpha value is -2.62. The monoisotopic (exact) mass is 393 g/mol. The van der Waals surface area contributed by atoms with E-state index in [9.17, 15) is 4.79 Å². The molecule has 2 aromatic carbocycles. The minimum atomic E-state index is -0.132. The van der Waals surface area contributed by atoms with Gasteiger partial charge in [0.05, 0.1) is 16.8 Å². The molecule has 3 aromatic rings. The predicted molar refractivity (Wildman–Crippen MR) is 110 cm³/mol. The van der Waals surface area contributed by atoms with Crippen LogP contribution in [0.3, 0.4) is 0 Å². The lowest BCUT2D eigenvalue weighted by atomic mass is 10.1. The zero-order valence-corrected chi connectivity index (χ0v) is 16.6. The van der Waals surface area contributed by atoms with Crippen molar-refractivity contribution < 1.29 is 4.79 Å². The summed E-state index contributed by atoms with van der Waals surface area (Å²) < 4.78 is 0. The lowest BCUT2D eigenvalue weighted by Crippen LogP contribution is -2.30. The molecule has 0 spiro atoms. The van der Waals surface area contributed by atoms with Gasteiger partial charge in [-0.2, -0.15) is 5.26 Å². The number of thioether (sulfide) groups is 1. The standard InChI is InChI=1S/C21H19N3OS2/c1-16-23-19(14-26-16)15-27-20-9-7-18(8-10-20)21(25)24(12-11-22)13-17-5-3-2-4-6-17/h2-10,14H,12-13,15H2,1H3. The Labute approximate surface area is 167 Å². The first kappa shape index (κ1) is 19.2. The summed E-state index contributed by atoms with van der Waals surface area (Å²) in [5, 5.41) is 12.2. The number of aromatic nitrogens is 1. The summed E-state index contributed by atoms with van der Waals surface area (Å²) in [5.41, 5.74) is 2.67. The highest BCUT2D eigenvalue weighted by atomic mass is 32.2. The Bertz CT molecular complexity index is 930. The number of thiazole rings is 1. The third-order valence-electron chi connectivity index (χ3n) is 3.92. The van der Waals surface area contributed by atoms with Crippen LogP contribution in [0.5, 0.6) is 0 Å². The molecule has 0 unspecified atom stereocenters. The van der Waals surface area contributed by atoms with Crippen LogP contribution in [-0.2, 0) is 12.3 Å². The second-order valence-corrected chi connectivity index (χ2v) is 8.09. The number of nitrogens with zero attached hydrogens (tertiary/aromatic N) is 3. The SMILES string of the molecule is Cc1nc(CSc2ccc(C(=O)N(CC#N)Cc3ccccc3)cc2)cs1. The lowest BCUT2D eigenvalue weighted by Gasteiger charge is -2.20. The molecule has 0 aliphatic heterocycles. The Morgan fingerprint density at radius 1 is 1.19 bits per heavy atom. The molecular formula is C21H19N3OS2. The van der Waals surface area contributed by atoms with Crippen LogP contribution in [0.1, 0.15) is 26.6 Å². The molecule has 1 heterocycles. The highest BCUT2D eigenvalue weighted by Crippen LogP contribution is 2.24. The molecule has 0 N–H and O–H groups in total. The molecule has 0 saturated heterocycles. The number of aryl methyl sites for hydroxylation is 1. The summed E-state index contributed by atoms with van der Waals surface area (Å²) in [6.45, 7) is 2.49. The van der Waals surface area contributed by atoms with Crippen LogP contribution in [0.4, 0.5) is 0 Å². The van der Waals surface area contributed by atoms with E-state index in [4.69, 9.17) is 5.26 Å². The van der Waals surface area contributed by atoms with Crippen LogP contribution >= 0.6 is 23.1 Å². The molecule has 1 aromatic heterocycles. The molecule has 27 heavy (non-hydrogen) atoms. The number of carbonyl (C=O) groups excluding carboxylic acids is 1. The van der Waals surface area contributed by atoms with Gasteiger partial charge in [0.15, 0.2) is 0 Å². The van der Waals surface area contributed by atoms with E-state index in [1.54, 1.807) is 28.0 Å². The van der Waals surface area contributed by atoms with Crippen LogP contribution in [0.15, 0.2) is 64.9 Å². The fourth-order valence-electron chi connectivity index (χ4n) is 2.60. The van der Waals surface area contributed by atoms with Gasteiger partial charge in [0.25, 0.3) is 5.91 Å². The van der Waals surface area contributed by atoms with Gasteiger partial charge in [-0.05, 0) is 36.8 Å². The van der Waals surface area contributed by atoms with E-state index >= 15 is 0 Å². The largest absolute Gasteiger partial charge is 0.321 e. The summed E-state index contributed by atoms with van der Waals surface area (Å²) in [7, 11) is 0.